The minimum absolute atomic E-state index is 0.0766. The summed E-state index contributed by atoms with van der Waals surface area (Å²) in [5.74, 6) is 0.130. The average molecular weight is 614 g/mol. The molecule has 0 aromatic heterocycles. The van der Waals surface area contributed by atoms with Gasteiger partial charge in [-0.15, -0.1) is 0 Å². The van der Waals surface area contributed by atoms with E-state index in [2.05, 4.69) is 5.32 Å². The zero-order valence-electron chi connectivity index (χ0n) is 25.3. The lowest BCUT2D eigenvalue weighted by molar-refractivity contribution is -0.139. The molecule has 0 unspecified atom stereocenters. The highest BCUT2D eigenvalue weighted by atomic mass is 32.2. The maximum absolute atomic E-state index is 14.3. The van der Waals surface area contributed by atoms with Crippen LogP contribution in [0.2, 0.25) is 0 Å². The van der Waals surface area contributed by atoms with Gasteiger partial charge < -0.3 is 29.2 Å². The van der Waals surface area contributed by atoms with Gasteiger partial charge in [0.2, 0.25) is 11.8 Å². The van der Waals surface area contributed by atoms with Crippen molar-refractivity contribution < 1.29 is 37.0 Å². The summed E-state index contributed by atoms with van der Waals surface area (Å²) in [6, 6.07) is 17.1. The Labute approximate surface area is 253 Å². The largest absolute Gasteiger partial charge is 0.497 e. The molecule has 3 rings (SSSR count). The van der Waals surface area contributed by atoms with Crippen LogP contribution in [0.1, 0.15) is 25.8 Å². The van der Waals surface area contributed by atoms with Gasteiger partial charge in [-0.25, -0.2) is 8.42 Å². The van der Waals surface area contributed by atoms with E-state index in [1.54, 1.807) is 19.1 Å². The second kappa shape index (κ2) is 15.1. The highest BCUT2D eigenvalue weighted by molar-refractivity contribution is 7.92. The number of carbonyl (C=O) groups excluding carboxylic acids is 2. The van der Waals surface area contributed by atoms with Gasteiger partial charge in [-0.1, -0.05) is 37.3 Å². The maximum Gasteiger partial charge on any atom is 0.265 e. The van der Waals surface area contributed by atoms with Crippen LogP contribution in [-0.2, 0) is 26.2 Å². The number of hydrogen-bond acceptors (Lipinski definition) is 8. The molecule has 43 heavy (non-hydrogen) atoms. The average Bonchev–Trinajstić information content (AvgIpc) is 3.04. The Bertz CT molecular complexity index is 1500. The lowest BCUT2D eigenvalue weighted by atomic mass is 10.1. The molecule has 2 amide bonds. The van der Waals surface area contributed by atoms with Crippen molar-refractivity contribution in [3.05, 3.63) is 72.3 Å². The highest BCUT2D eigenvalue weighted by Gasteiger charge is 2.34. The van der Waals surface area contributed by atoms with Crippen molar-refractivity contribution in [1.29, 1.82) is 0 Å². The number of carbonyl (C=O) groups is 2. The van der Waals surface area contributed by atoms with E-state index in [4.69, 9.17) is 18.9 Å². The smallest absolute Gasteiger partial charge is 0.265 e. The highest BCUT2D eigenvalue weighted by Crippen LogP contribution is 2.37. The monoisotopic (exact) mass is 613 g/mol. The van der Waals surface area contributed by atoms with Crippen molar-refractivity contribution in [3.8, 4) is 23.0 Å². The first-order valence-corrected chi connectivity index (χ1v) is 15.1. The van der Waals surface area contributed by atoms with Crippen molar-refractivity contribution in [2.24, 2.45) is 0 Å². The summed E-state index contributed by atoms with van der Waals surface area (Å²) in [5, 5.41) is 2.82. The molecular weight excluding hydrogens is 574 g/mol. The van der Waals surface area contributed by atoms with E-state index in [9.17, 15) is 18.0 Å². The molecule has 0 aliphatic carbocycles. The number of hydrogen-bond donors (Lipinski definition) is 1. The third kappa shape index (κ3) is 7.89. The van der Waals surface area contributed by atoms with Crippen LogP contribution in [0.5, 0.6) is 23.0 Å². The quantitative estimate of drug-likeness (QED) is 0.274. The van der Waals surface area contributed by atoms with Crippen LogP contribution in [0, 0.1) is 0 Å². The number of nitrogens with one attached hydrogen (secondary N) is 1. The lowest BCUT2D eigenvalue weighted by Crippen LogP contribution is -2.51. The number of ether oxygens (including phenoxy) is 4. The van der Waals surface area contributed by atoms with Crippen molar-refractivity contribution in [2.75, 3.05) is 45.8 Å². The molecular formula is C31H39N3O8S. The van der Waals surface area contributed by atoms with Crippen LogP contribution < -0.4 is 28.6 Å². The number of anilines is 1. The molecule has 3 aromatic rings. The molecule has 0 spiro atoms. The number of benzene rings is 3. The molecule has 3 aromatic carbocycles. The molecule has 0 heterocycles. The van der Waals surface area contributed by atoms with Crippen LogP contribution in [0.4, 0.5) is 5.69 Å². The Morgan fingerprint density at radius 1 is 0.837 bits per heavy atom. The zero-order chi connectivity index (χ0) is 31.6. The first kappa shape index (κ1) is 33.1. The molecule has 0 bridgehead atoms. The fourth-order valence-corrected chi connectivity index (χ4v) is 5.80. The van der Waals surface area contributed by atoms with Gasteiger partial charge in [-0.3, -0.25) is 13.9 Å². The molecule has 0 aliphatic heterocycles. The minimum Gasteiger partial charge on any atom is -0.497 e. The van der Waals surface area contributed by atoms with Crippen molar-refractivity contribution in [3.63, 3.8) is 0 Å². The Balaban J connectivity index is 2.15. The summed E-state index contributed by atoms with van der Waals surface area (Å²) in [7, 11) is 1.27. The van der Waals surface area contributed by atoms with E-state index >= 15 is 0 Å². The van der Waals surface area contributed by atoms with Gasteiger partial charge >= 0.3 is 0 Å². The lowest BCUT2D eigenvalue weighted by Gasteiger charge is -2.32. The van der Waals surface area contributed by atoms with Crippen LogP contribution >= 0.6 is 0 Å². The summed E-state index contributed by atoms with van der Waals surface area (Å²) >= 11 is 0. The number of rotatable bonds is 15. The van der Waals surface area contributed by atoms with Crippen LogP contribution in [0.3, 0.4) is 0 Å². The summed E-state index contributed by atoms with van der Waals surface area (Å²) in [5.41, 5.74) is 0.854. The Hall–Kier alpha value is -4.45. The summed E-state index contributed by atoms with van der Waals surface area (Å²) in [6.07, 6.45) is 0.720. The molecule has 0 saturated heterocycles. The van der Waals surface area contributed by atoms with Gasteiger partial charge in [0, 0.05) is 25.2 Å². The fourth-order valence-electron chi connectivity index (χ4n) is 4.37. The van der Waals surface area contributed by atoms with Crippen molar-refractivity contribution >= 4 is 27.5 Å². The third-order valence-electron chi connectivity index (χ3n) is 6.79. The molecule has 232 valence electrons. The zero-order valence-corrected chi connectivity index (χ0v) is 26.1. The van der Waals surface area contributed by atoms with Crippen LogP contribution in [0.15, 0.2) is 71.6 Å². The van der Waals surface area contributed by atoms with Gasteiger partial charge in [0.25, 0.3) is 10.0 Å². The standard InChI is InChI=1S/C31H39N3O8S/c1-7-17-32-31(36)22(2)33(20-23-11-9-8-10-12-23)30(35)21-34(26-18-24(39-3)13-15-27(26)40-4)43(37,38)25-14-16-28(41-5)29(19-25)42-6/h8-16,18-19,22H,7,17,20-21H2,1-6H3,(H,32,36)/t22-/m1/s1. The second-order valence-corrected chi connectivity index (χ2v) is 11.4. The predicted octanol–water partition coefficient (Wildman–Crippen LogP) is 3.86. The van der Waals surface area contributed by atoms with E-state index in [1.807, 2.05) is 37.3 Å². The van der Waals surface area contributed by atoms with E-state index in [-0.39, 0.29) is 34.5 Å². The van der Waals surface area contributed by atoms with E-state index in [0.29, 0.717) is 18.0 Å². The van der Waals surface area contributed by atoms with E-state index in [1.165, 1.54) is 57.6 Å². The summed E-state index contributed by atoms with van der Waals surface area (Å²) < 4.78 is 51.1. The number of sulfonamides is 1. The van der Waals surface area contributed by atoms with Crippen LogP contribution in [0.25, 0.3) is 0 Å². The van der Waals surface area contributed by atoms with Crippen molar-refractivity contribution in [1.82, 2.24) is 10.2 Å². The number of methoxy groups -OCH3 is 4. The Morgan fingerprint density at radius 2 is 1.49 bits per heavy atom. The minimum atomic E-state index is -4.42. The SMILES string of the molecule is CCCNC(=O)[C@@H](C)N(Cc1ccccc1)C(=O)CN(c1cc(OC)ccc1OC)S(=O)(=O)c1ccc(OC)c(OC)c1. The van der Waals surface area contributed by atoms with Gasteiger partial charge in [0.15, 0.2) is 11.5 Å². The van der Waals surface area contributed by atoms with E-state index in [0.717, 1.165) is 16.3 Å². The normalized spacial score (nSPS) is 11.7. The van der Waals surface area contributed by atoms with Gasteiger partial charge in [-0.2, -0.15) is 0 Å². The van der Waals surface area contributed by atoms with Crippen molar-refractivity contribution in [2.45, 2.75) is 37.8 Å². The molecule has 0 saturated carbocycles. The maximum atomic E-state index is 14.3. The number of amides is 2. The number of nitrogens with zero attached hydrogens (tertiary/aromatic N) is 2. The topological polar surface area (TPSA) is 124 Å². The molecule has 0 fully saturated rings. The summed E-state index contributed by atoms with van der Waals surface area (Å²) in [4.78, 5) is 28.4. The molecule has 1 atom stereocenters. The molecule has 11 nitrogen and oxygen atoms in total. The second-order valence-electron chi connectivity index (χ2n) is 9.54. The van der Waals surface area contributed by atoms with Gasteiger partial charge in [0.05, 0.1) is 39.0 Å². The van der Waals surface area contributed by atoms with Gasteiger partial charge in [0.1, 0.15) is 24.1 Å². The first-order chi connectivity index (χ1) is 20.6. The molecule has 12 heteroatoms. The first-order valence-electron chi connectivity index (χ1n) is 13.7. The molecule has 0 aliphatic rings. The Kier molecular flexibility index (Phi) is 11.6. The van der Waals surface area contributed by atoms with Gasteiger partial charge in [-0.05, 0) is 43.2 Å². The fraction of sp³-hybridized carbons (Fsp3) is 0.355. The Morgan fingerprint density at radius 3 is 2.09 bits per heavy atom. The van der Waals surface area contributed by atoms with Crippen LogP contribution in [-0.4, -0.2) is 72.7 Å². The predicted molar refractivity (Wildman–Crippen MR) is 163 cm³/mol. The third-order valence-corrected chi connectivity index (χ3v) is 8.54. The molecule has 1 N–H and O–H groups in total. The molecule has 0 radical (unpaired) electrons. The van der Waals surface area contributed by atoms with E-state index < -0.39 is 28.5 Å². The summed E-state index contributed by atoms with van der Waals surface area (Å²) in [6.45, 7) is 3.43.